The normalized spacial score (nSPS) is 19.2. The molecule has 0 radical (unpaired) electrons. The largest absolute Gasteiger partial charge is 0.399 e. The number of urea groups is 1. The zero-order valence-corrected chi connectivity index (χ0v) is 25.2. The Balaban J connectivity index is 0.991. The highest BCUT2D eigenvalue weighted by atomic mass is 32.2. The van der Waals surface area contributed by atoms with Crippen molar-refractivity contribution in [3.05, 3.63) is 29.8 Å². The van der Waals surface area contributed by atoms with Gasteiger partial charge in [0.05, 0.1) is 64.9 Å². The van der Waals surface area contributed by atoms with Crippen molar-refractivity contribution in [2.24, 2.45) is 0 Å². The van der Waals surface area contributed by atoms with Crippen LogP contribution in [-0.2, 0) is 35.0 Å². The lowest BCUT2D eigenvalue weighted by molar-refractivity contribution is -0.122. The van der Waals surface area contributed by atoms with E-state index in [1.807, 2.05) is 36.0 Å². The molecule has 1 aromatic rings. The molecule has 2 aliphatic rings. The average molecular weight is 610 g/mol. The first-order valence-electron chi connectivity index (χ1n) is 14.9. The van der Waals surface area contributed by atoms with E-state index in [0.29, 0.717) is 84.0 Å². The van der Waals surface area contributed by atoms with Crippen LogP contribution in [0.2, 0.25) is 0 Å². The number of hydrogen-bond donors (Lipinski definition) is 5. The number of nitrogens with one attached hydrogen (secondary N) is 4. The van der Waals surface area contributed by atoms with Crippen LogP contribution in [-0.4, -0.2) is 107 Å². The molecule has 6 N–H and O–H groups in total. The summed E-state index contributed by atoms with van der Waals surface area (Å²) < 4.78 is 21.9. The molecule has 0 aliphatic carbocycles. The SMILES string of the molecule is Nc1ccc(CCNC(=O)CCOCCOCCOCCOCCNC(=O)CCCC[C@@H]2SC[C@@H]3NC(=O)N[C@@H]32)cc1. The number of unbranched alkanes of at least 4 members (excludes halogenated alkanes) is 1. The number of nitrogen functional groups attached to an aromatic ring is 1. The summed E-state index contributed by atoms with van der Waals surface area (Å²) in [7, 11) is 0. The van der Waals surface area contributed by atoms with Gasteiger partial charge in [0, 0.05) is 42.6 Å². The van der Waals surface area contributed by atoms with Crippen molar-refractivity contribution in [1.29, 1.82) is 0 Å². The van der Waals surface area contributed by atoms with Gasteiger partial charge < -0.3 is 45.9 Å². The van der Waals surface area contributed by atoms with Gasteiger partial charge in [0.2, 0.25) is 11.8 Å². The van der Waals surface area contributed by atoms with Gasteiger partial charge in [-0.1, -0.05) is 18.6 Å². The number of nitrogens with two attached hydrogens (primary N) is 1. The van der Waals surface area contributed by atoms with Crippen molar-refractivity contribution in [2.75, 3.05) is 77.4 Å². The lowest BCUT2D eigenvalue weighted by Gasteiger charge is -2.16. The number of ether oxygens (including phenoxy) is 4. The van der Waals surface area contributed by atoms with Crippen LogP contribution < -0.4 is 27.0 Å². The van der Waals surface area contributed by atoms with Crippen LogP contribution >= 0.6 is 11.8 Å². The number of carbonyl (C=O) groups excluding carboxylic acids is 3. The quantitative estimate of drug-likeness (QED) is 0.0698. The molecule has 3 rings (SSSR count). The van der Waals surface area contributed by atoms with Crippen molar-refractivity contribution in [1.82, 2.24) is 21.3 Å². The fourth-order valence-electron chi connectivity index (χ4n) is 4.67. The molecule has 2 heterocycles. The summed E-state index contributed by atoms with van der Waals surface area (Å²) in [6.07, 6.45) is 4.41. The second-order valence-electron chi connectivity index (χ2n) is 10.3. The molecule has 0 spiro atoms. The Labute approximate surface area is 252 Å². The molecule has 0 bridgehead atoms. The topological polar surface area (TPSA) is 162 Å². The van der Waals surface area contributed by atoms with E-state index < -0.39 is 0 Å². The molecule has 2 fully saturated rings. The number of thioether (sulfide) groups is 1. The molecular formula is C29H47N5O7S. The monoisotopic (exact) mass is 609 g/mol. The van der Waals surface area contributed by atoms with E-state index in [1.165, 1.54) is 0 Å². The smallest absolute Gasteiger partial charge is 0.315 e. The molecular weight excluding hydrogens is 562 g/mol. The minimum absolute atomic E-state index is 0.0346. The van der Waals surface area contributed by atoms with Gasteiger partial charge in [-0.3, -0.25) is 9.59 Å². The second-order valence-corrected chi connectivity index (χ2v) is 11.5. The van der Waals surface area contributed by atoms with Gasteiger partial charge in [0.1, 0.15) is 0 Å². The number of carbonyl (C=O) groups is 3. The number of fused-ring (bicyclic) bond motifs is 1. The van der Waals surface area contributed by atoms with E-state index in [0.717, 1.165) is 42.7 Å². The molecule has 12 nitrogen and oxygen atoms in total. The lowest BCUT2D eigenvalue weighted by atomic mass is 10.0. The fourth-order valence-corrected chi connectivity index (χ4v) is 6.21. The van der Waals surface area contributed by atoms with Gasteiger partial charge in [-0.25, -0.2) is 4.79 Å². The van der Waals surface area contributed by atoms with Crippen LogP contribution in [0.5, 0.6) is 0 Å². The van der Waals surface area contributed by atoms with E-state index in [2.05, 4.69) is 21.3 Å². The van der Waals surface area contributed by atoms with Crippen LogP contribution in [0.25, 0.3) is 0 Å². The van der Waals surface area contributed by atoms with E-state index in [4.69, 9.17) is 24.7 Å². The van der Waals surface area contributed by atoms with Crippen molar-refractivity contribution < 1.29 is 33.3 Å². The van der Waals surface area contributed by atoms with E-state index in [9.17, 15) is 14.4 Å². The number of hydrogen-bond acceptors (Lipinski definition) is 9. The summed E-state index contributed by atoms with van der Waals surface area (Å²) in [5.74, 6) is 0.964. The Kier molecular flexibility index (Phi) is 16.4. The van der Waals surface area contributed by atoms with Crippen LogP contribution in [0.1, 0.15) is 37.7 Å². The van der Waals surface area contributed by atoms with Gasteiger partial charge in [-0.15, -0.1) is 0 Å². The summed E-state index contributed by atoms with van der Waals surface area (Å²) in [5, 5.41) is 12.1. The second kappa shape index (κ2) is 20.3. The van der Waals surface area contributed by atoms with Gasteiger partial charge in [-0.2, -0.15) is 11.8 Å². The maximum atomic E-state index is 12.0. The van der Waals surface area contributed by atoms with Crippen LogP contribution in [0.4, 0.5) is 10.5 Å². The van der Waals surface area contributed by atoms with Crippen LogP contribution in [0, 0.1) is 0 Å². The maximum absolute atomic E-state index is 12.0. The standard InChI is InChI=1S/C29H47N5O7S/c30-23-7-5-22(6-8-23)9-11-31-27(36)10-13-38-15-17-40-19-20-41-18-16-39-14-12-32-26(35)4-2-1-3-25-28-24(21-42-25)33-29(37)34-28/h5-8,24-25,28H,1-4,9-21,30H2,(H,31,36)(H,32,35)(H2,33,34,37)/t24-,25-,28-/m0/s1. The van der Waals surface area contributed by atoms with Crippen molar-refractivity contribution in [3.8, 4) is 0 Å². The molecule has 3 atom stereocenters. The first kappa shape index (κ1) is 33.9. The molecule has 0 saturated carbocycles. The molecule has 2 aliphatic heterocycles. The third-order valence-electron chi connectivity index (χ3n) is 6.95. The molecule has 0 unspecified atom stereocenters. The Morgan fingerprint density at radius 1 is 0.810 bits per heavy atom. The predicted octanol–water partition coefficient (Wildman–Crippen LogP) is 1.23. The summed E-state index contributed by atoms with van der Waals surface area (Å²) in [6, 6.07) is 8.03. The fraction of sp³-hybridized carbons (Fsp3) is 0.690. The van der Waals surface area contributed by atoms with Crippen molar-refractivity contribution >= 4 is 35.3 Å². The van der Waals surface area contributed by atoms with Gasteiger partial charge in [0.25, 0.3) is 0 Å². The Morgan fingerprint density at radius 2 is 1.43 bits per heavy atom. The first-order valence-corrected chi connectivity index (χ1v) is 15.9. The Hall–Kier alpha value is -2.58. The average Bonchev–Trinajstić information content (AvgIpc) is 3.53. The van der Waals surface area contributed by atoms with Crippen LogP contribution in [0.3, 0.4) is 0 Å². The maximum Gasteiger partial charge on any atom is 0.315 e. The molecule has 2 saturated heterocycles. The van der Waals surface area contributed by atoms with E-state index in [-0.39, 0.29) is 29.9 Å². The Bertz CT molecular complexity index is 939. The number of benzene rings is 1. The highest BCUT2D eigenvalue weighted by Gasteiger charge is 2.42. The third kappa shape index (κ3) is 14.1. The zero-order chi connectivity index (χ0) is 29.8. The molecule has 13 heteroatoms. The number of amides is 4. The van der Waals surface area contributed by atoms with Crippen molar-refractivity contribution in [2.45, 2.75) is 55.9 Å². The Morgan fingerprint density at radius 3 is 2.14 bits per heavy atom. The lowest BCUT2D eigenvalue weighted by Crippen LogP contribution is -2.36. The van der Waals surface area contributed by atoms with Gasteiger partial charge in [0.15, 0.2) is 0 Å². The summed E-state index contributed by atoms with van der Waals surface area (Å²) in [4.78, 5) is 35.3. The molecule has 1 aromatic carbocycles. The minimum atomic E-state index is -0.0616. The number of rotatable bonds is 23. The van der Waals surface area contributed by atoms with Crippen molar-refractivity contribution in [3.63, 3.8) is 0 Å². The minimum Gasteiger partial charge on any atom is -0.399 e. The highest BCUT2D eigenvalue weighted by molar-refractivity contribution is 8.00. The molecule has 236 valence electrons. The first-order chi connectivity index (χ1) is 20.5. The van der Waals surface area contributed by atoms with Crippen LogP contribution in [0.15, 0.2) is 24.3 Å². The predicted molar refractivity (Wildman–Crippen MR) is 162 cm³/mol. The number of anilines is 1. The zero-order valence-electron chi connectivity index (χ0n) is 24.4. The summed E-state index contributed by atoms with van der Waals surface area (Å²) in [6.45, 7) is 4.54. The molecule has 4 amide bonds. The van der Waals surface area contributed by atoms with E-state index in [1.54, 1.807) is 0 Å². The molecule has 0 aromatic heterocycles. The summed E-state index contributed by atoms with van der Waals surface area (Å²) in [5.41, 5.74) is 7.53. The van der Waals surface area contributed by atoms with E-state index >= 15 is 0 Å². The third-order valence-corrected chi connectivity index (χ3v) is 8.46. The highest BCUT2D eigenvalue weighted by Crippen LogP contribution is 2.33. The van der Waals surface area contributed by atoms with Gasteiger partial charge >= 0.3 is 6.03 Å². The summed E-state index contributed by atoms with van der Waals surface area (Å²) >= 11 is 1.90. The van der Waals surface area contributed by atoms with Gasteiger partial charge in [-0.05, 0) is 37.0 Å². The molecule has 42 heavy (non-hydrogen) atoms.